The molecule has 2 N–H and O–H groups in total. The molecule has 1 aromatic rings. The van der Waals surface area contributed by atoms with Crippen molar-refractivity contribution in [2.75, 3.05) is 0 Å². The average molecular weight is 330 g/mol. The van der Waals surface area contributed by atoms with Crippen LogP contribution in [0.5, 0.6) is 0 Å². The van der Waals surface area contributed by atoms with Gasteiger partial charge in [0.15, 0.2) is 0 Å². The first kappa shape index (κ1) is 17.0. The largest absolute Gasteiger partial charge is 0.393 e. The summed E-state index contributed by atoms with van der Waals surface area (Å²) in [5.41, 5.74) is 8.59. The van der Waals surface area contributed by atoms with Crippen LogP contribution in [0.1, 0.15) is 71.3 Å². The van der Waals surface area contributed by atoms with Crippen LogP contribution in [0.4, 0.5) is 0 Å². The molecule has 1 aromatic carbocycles. The summed E-state index contributed by atoms with van der Waals surface area (Å²) in [7, 11) is 0. The van der Waals surface area contributed by atoms with Crippen LogP contribution >= 0.6 is 12.2 Å². The number of hydrogen-bond acceptors (Lipinski definition) is 1. The highest BCUT2D eigenvalue weighted by atomic mass is 32.1. The minimum atomic E-state index is 0.0821. The van der Waals surface area contributed by atoms with Gasteiger partial charge >= 0.3 is 0 Å². The molecule has 4 unspecified atom stereocenters. The molecule has 3 rings (SSSR count). The molecular formula is C21H31NS. The lowest BCUT2D eigenvalue weighted by molar-refractivity contribution is -0.0264. The molecule has 2 saturated carbocycles. The zero-order valence-electron chi connectivity index (χ0n) is 14.9. The lowest BCUT2D eigenvalue weighted by atomic mass is 9.45. The van der Waals surface area contributed by atoms with Crippen LogP contribution in [0.2, 0.25) is 0 Å². The summed E-state index contributed by atoms with van der Waals surface area (Å²) in [6.45, 7) is 7.21. The van der Waals surface area contributed by atoms with E-state index in [0.717, 1.165) is 17.3 Å². The number of thiocarbonyl (C=S) groups is 1. The Morgan fingerprint density at radius 3 is 2.39 bits per heavy atom. The molecule has 2 fully saturated rings. The zero-order chi connectivity index (χ0) is 16.7. The van der Waals surface area contributed by atoms with Gasteiger partial charge in [0.1, 0.15) is 0 Å². The topological polar surface area (TPSA) is 26.0 Å². The molecular weight excluding hydrogens is 298 g/mol. The van der Waals surface area contributed by atoms with Gasteiger partial charge in [-0.1, -0.05) is 69.7 Å². The summed E-state index contributed by atoms with van der Waals surface area (Å²) >= 11 is 5.60. The Morgan fingerprint density at radius 2 is 1.83 bits per heavy atom. The average Bonchev–Trinajstić information content (AvgIpc) is 2.59. The second-order valence-corrected chi connectivity index (χ2v) is 8.87. The second-order valence-electron chi connectivity index (χ2n) is 8.43. The fourth-order valence-corrected chi connectivity index (χ4v) is 5.74. The summed E-state index contributed by atoms with van der Waals surface area (Å²) in [6.07, 6.45) is 8.55. The maximum absolute atomic E-state index is 6.32. The Labute approximate surface area is 147 Å². The van der Waals surface area contributed by atoms with Crippen molar-refractivity contribution in [3.05, 3.63) is 35.9 Å². The van der Waals surface area contributed by atoms with Crippen molar-refractivity contribution >= 4 is 17.2 Å². The number of nitrogens with two attached hydrogens (primary N) is 1. The molecule has 0 spiro atoms. The van der Waals surface area contributed by atoms with Crippen molar-refractivity contribution in [1.82, 2.24) is 0 Å². The van der Waals surface area contributed by atoms with Crippen LogP contribution < -0.4 is 5.73 Å². The smallest absolute Gasteiger partial charge is 0.0790 e. The summed E-state index contributed by atoms with van der Waals surface area (Å²) < 4.78 is 0. The predicted molar refractivity (Wildman–Crippen MR) is 103 cm³/mol. The van der Waals surface area contributed by atoms with E-state index in [1.54, 1.807) is 0 Å². The second kappa shape index (κ2) is 5.88. The number of hydrogen-bond donors (Lipinski definition) is 1. The van der Waals surface area contributed by atoms with Gasteiger partial charge < -0.3 is 5.73 Å². The Bertz CT molecular complexity index is 583. The maximum Gasteiger partial charge on any atom is 0.0790 e. The molecule has 0 radical (unpaired) electrons. The molecule has 2 aliphatic rings. The Hall–Kier alpha value is -0.890. The van der Waals surface area contributed by atoms with Gasteiger partial charge in [-0.3, -0.25) is 0 Å². The normalized spacial score (nSPS) is 39.9. The van der Waals surface area contributed by atoms with E-state index in [2.05, 4.69) is 51.1 Å². The van der Waals surface area contributed by atoms with Gasteiger partial charge in [0.25, 0.3) is 0 Å². The number of rotatable bonds is 4. The summed E-state index contributed by atoms with van der Waals surface area (Å²) in [4.78, 5) is 0.772. The molecule has 0 aromatic heterocycles. The molecule has 0 saturated heterocycles. The Morgan fingerprint density at radius 1 is 1.13 bits per heavy atom. The number of benzene rings is 1. The molecule has 1 nitrogen and oxygen atoms in total. The molecule has 0 aliphatic heterocycles. The van der Waals surface area contributed by atoms with Crippen LogP contribution in [0.15, 0.2) is 30.3 Å². The fraction of sp³-hybridized carbons (Fsp3) is 0.667. The third-order valence-corrected chi connectivity index (χ3v) is 7.94. The first-order valence-electron chi connectivity index (χ1n) is 9.25. The summed E-state index contributed by atoms with van der Waals surface area (Å²) in [5.74, 6) is 0.733. The molecule has 126 valence electrons. The van der Waals surface area contributed by atoms with Gasteiger partial charge in [-0.25, -0.2) is 0 Å². The minimum Gasteiger partial charge on any atom is -0.393 e. The predicted octanol–water partition coefficient (Wildman–Crippen LogP) is 5.62. The van der Waals surface area contributed by atoms with Gasteiger partial charge in [-0.2, -0.15) is 0 Å². The molecule has 2 aliphatic carbocycles. The van der Waals surface area contributed by atoms with Gasteiger partial charge in [0, 0.05) is 5.41 Å². The first-order valence-corrected chi connectivity index (χ1v) is 9.66. The van der Waals surface area contributed by atoms with Crippen molar-refractivity contribution in [3.63, 3.8) is 0 Å². The van der Waals surface area contributed by atoms with Crippen LogP contribution in [0.3, 0.4) is 0 Å². The zero-order valence-corrected chi connectivity index (χ0v) is 15.7. The molecule has 0 heterocycles. The molecule has 2 heteroatoms. The molecule has 23 heavy (non-hydrogen) atoms. The monoisotopic (exact) mass is 329 g/mol. The highest BCUT2D eigenvalue weighted by Crippen LogP contribution is 2.63. The van der Waals surface area contributed by atoms with Crippen LogP contribution in [-0.2, 0) is 5.41 Å². The van der Waals surface area contributed by atoms with Crippen LogP contribution in [0, 0.1) is 16.7 Å². The van der Waals surface area contributed by atoms with Crippen LogP contribution in [-0.4, -0.2) is 4.99 Å². The van der Waals surface area contributed by atoms with E-state index in [0.29, 0.717) is 5.41 Å². The highest BCUT2D eigenvalue weighted by molar-refractivity contribution is 7.80. The van der Waals surface area contributed by atoms with E-state index in [4.69, 9.17) is 18.0 Å². The molecule has 2 bridgehead atoms. The third kappa shape index (κ3) is 2.63. The Balaban J connectivity index is 2.08. The van der Waals surface area contributed by atoms with Crippen molar-refractivity contribution in [3.8, 4) is 0 Å². The van der Waals surface area contributed by atoms with Crippen molar-refractivity contribution in [2.45, 2.75) is 71.1 Å². The lowest BCUT2D eigenvalue weighted by Gasteiger charge is -2.59. The van der Waals surface area contributed by atoms with E-state index >= 15 is 0 Å². The Kier molecular flexibility index (Phi) is 4.33. The minimum absolute atomic E-state index is 0.0821. The molecule has 4 atom stereocenters. The van der Waals surface area contributed by atoms with Crippen LogP contribution in [0.25, 0.3) is 0 Å². The van der Waals surface area contributed by atoms with E-state index in [-0.39, 0.29) is 10.8 Å². The van der Waals surface area contributed by atoms with Crippen molar-refractivity contribution in [2.24, 2.45) is 22.5 Å². The highest BCUT2D eigenvalue weighted by Gasteiger charge is 2.56. The fourth-order valence-electron chi connectivity index (χ4n) is 5.48. The SMILES string of the molecule is CCC1(c2ccccc2)CC2CC(C(N)=S)(CCC2(C)CC)C1. The van der Waals surface area contributed by atoms with Crippen molar-refractivity contribution < 1.29 is 0 Å². The first-order chi connectivity index (χ1) is 10.9. The van der Waals surface area contributed by atoms with E-state index in [9.17, 15) is 0 Å². The van der Waals surface area contributed by atoms with Gasteiger partial charge in [-0.15, -0.1) is 0 Å². The summed E-state index contributed by atoms with van der Waals surface area (Å²) in [5, 5.41) is 0. The van der Waals surface area contributed by atoms with Gasteiger partial charge in [0.2, 0.25) is 0 Å². The van der Waals surface area contributed by atoms with E-state index < -0.39 is 0 Å². The standard InChI is InChI=1S/C21H31NS/c1-4-19(3)11-12-21(18(22)23)14-17(19)13-20(5-2,15-21)16-9-7-6-8-10-16/h6-10,17H,4-5,11-15H2,1-3H3,(H2,22,23). The number of fused-ring (bicyclic) bond motifs is 2. The van der Waals surface area contributed by atoms with E-state index in [1.165, 1.54) is 44.1 Å². The van der Waals surface area contributed by atoms with E-state index in [1.807, 2.05) is 0 Å². The summed E-state index contributed by atoms with van der Waals surface area (Å²) in [6, 6.07) is 11.1. The van der Waals surface area contributed by atoms with Gasteiger partial charge in [-0.05, 0) is 60.8 Å². The van der Waals surface area contributed by atoms with Crippen molar-refractivity contribution in [1.29, 1.82) is 0 Å². The quantitative estimate of drug-likeness (QED) is 0.726. The maximum atomic E-state index is 6.32. The molecule has 0 amide bonds. The third-order valence-electron chi connectivity index (χ3n) is 7.50. The lowest BCUT2D eigenvalue weighted by Crippen LogP contribution is -2.55. The van der Waals surface area contributed by atoms with Gasteiger partial charge in [0.05, 0.1) is 4.99 Å².